The summed E-state index contributed by atoms with van der Waals surface area (Å²) in [6.45, 7) is 4.81. The van der Waals surface area contributed by atoms with Crippen molar-refractivity contribution in [2.24, 2.45) is 0 Å². The highest BCUT2D eigenvalue weighted by Gasteiger charge is 2.14. The molecule has 0 atom stereocenters. The molecule has 1 aliphatic rings. The van der Waals surface area contributed by atoms with Gasteiger partial charge >= 0.3 is 6.03 Å². The van der Waals surface area contributed by atoms with Gasteiger partial charge in [0.05, 0.1) is 7.11 Å². The fourth-order valence-corrected chi connectivity index (χ4v) is 3.11. The quantitative estimate of drug-likeness (QED) is 0.823. The molecule has 0 bridgehead atoms. The highest BCUT2D eigenvalue weighted by atomic mass is 16.5. The van der Waals surface area contributed by atoms with Crippen LogP contribution in [0.5, 0.6) is 5.75 Å². The van der Waals surface area contributed by atoms with E-state index in [4.69, 9.17) is 4.74 Å². The van der Waals surface area contributed by atoms with Gasteiger partial charge in [0.15, 0.2) is 0 Å². The van der Waals surface area contributed by atoms with Gasteiger partial charge in [0.1, 0.15) is 5.75 Å². The number of benzene rings is 2. The summed E-state index contributed by atoms with van der Waals surface area (Å²) >= 11 is 0. The predicted octanol–water partition coefficient (Wildman–Crippen LogP) is 2.81. The number of likely N-dealkylation sites (N-methyl/N-ethyl adjacent to an activating group) is 1. The first-order chi connectivity index (χ1) is 13.1. The highest BCUT2D eigenvalue weighted by Crippen LogP contribution is 2.19. The summed E-state index contributed by atoms with van der Waals surface area (Å²) in [5.41, 5.74) is 3.16. The zero-order chi connectivity index (χ0) is 19.1. The molecule has 0 unspecified atom stereocenters. The molecule has 0 aliphatic carbocycles. The number of methoxy groups -OCH3 is 1. The van der Waals surface area contributed by atoms with E-state index in [1.807, 2.05) is 36.4 Å². The first-order valence-corrected chi connectivity index (χ1v) is 9.35. The summed E-state index contributed by atoms with van der Waals surface area (Å²) in [7, 11) is 3.80. The molecule has 27 heavy (non-hydrogen) atoms. The second kappa shape index (κ2) is 9.28. The molecule has 2 amide bonds. The number of anilines is 2. The average Bonchev–Trinajstić information content (AvgIpc) is 2.70. The fourth-order valence-electron chi connectivity index (χ4n) is 3.11. The van der Waals surface area contributed by atoms with Crippen LogP contribution in [-0.2, 0) is 6.42 Å². The lowest BCUT2D eigenvalue weighted by Crippen LogP contribution is -2.44. The second-order valence-corrected chi connectivity index (χ2v) is 6.82. The van der Waals surface area contributed by atoms with E-state index in [-0.39, 0.29) is 6.03 Å². The van der Waals surface area contributed by atoms with Crippen LogP contribution < -0.4 is 20.3 Å². The minimum absolute atomic E-state index is 0.184. The Bertz CT molecular complexity index is 723. The minimum Gasteiger partial charge on any atom is -0.497 e. The Kier molecular flexibility index (Phi) is 6.54. The van der Waals surface area contributed by atoms with Gasteiger partial charge in [-0.25, -0.2) is 4.79 Å². The number of carbonyl (C=O) groups excluding carboxylic acids is 1. The van der Waals surface area contributed by atoms with E-state index in [1.54, 1.807) is 7.11 Å². The van der Waals surface area contributed by atoms with Gasteiger partial charge in [-0.05, 0) is 55.4 Å². The van der Waals surface area contributed by atoms with Crippen LogP contribution in [0.15, 0.2) is 48.5 Å². The average molecular weight is 368 g/mol. The number of ether oxygens (including phenoxy) is 1. The summed E-state index contributed by atoms with van der Waals surface area (Å²) in [5.74, 6) is 0.837. The zero-order valence-corrected chi connectivity index (χ0v) is 16.1. The summed E-state index contributed by atoms with van der Waals surface area (Å²) in [6, 6.07) is 15.7. The number of hydrogen-bond acceptors (Lipinski definition) is 4. The van der Waals surface area contributed by atoms with E-state index in [2.05, 4.69) is 39.6 Å². The Labute approximate surface area is 161 Å². The molecule has 0 aromatic heterocycles. The van der Waals surface area contributed by atoms with E-state index >= 15 is 0 Å². The Morgan fingerprint density at radius 3 is 2.30 bits per heavy atom. The number of urea groups is 1. The van der Waals surface area contributed by atoms with Crippen LogP contribution in [0.25, 0.3) is 0 Å². The molecule has 1 heterocycles. The van der Waals surface area contributed by atoms with E-state index in [9.17, 15) is 4.79 Å². The van der Waals surface area contributed by atoms with Crippen LogP contribution in [0.1, 0.15) is 5.56 Å². The lowest BCUT2D eigenvalue weighted by atomic mass is 10.1. The van der Waals surface area contributed by atoms with Crippen molar-refractivity contribution in [2.75, 3.05) is 57.1 Å². The lowest BCUT2D eigenvalue weighted by molar-refractivity contribution is 0.252. The van der Waals surface area contributed by atoms with Gasteiger partial charge in [0.2, 0.25) is 0 Å². The molecule has 1 saturated heterocycles. The van der Waals surface area contributed by atoms with Gasteiger partial charge in [0, 0.05) is 44.1 Å². The minimum atomic E-state index is -0.184. The van der Waals surface area contributed by atoms with E-state index in [0.717, 1.165) is 49.6 Å². The molecule has 6 heteroatoms. The van der Waals surface area contributed by atoms with Crippen molar-refractivity contribution in [2.45, 2.75) is 6.42 Å². The van der Waals surface area contributed by atoms with Crippen molar-refractivity contribution in [3.8, 4) is 5.75 Å². The van der Waals surface area contributed by atoms with Crippen molar-refractivity contribution < 1.29 is 9.53 Å². The van der Waals surface area contributed by atoms with Gasteiger partial charge in [-0.15, -0.1) is 0 Å². The topological polar surface area (TPSA) is 56.8 Å². The third kappa shape index (κ3) is 5.62. The summed E-state index contributed by atoms with van der Waals surface area (Å²) in [6.07, 6.45) is 0.778. The zero-order valence-electron chi connectivity index (χ0n) is 16.1. The van der Waals surface area contributed by atoms with Crippen molar-refractivity contribution in [1.82, 2.24) is 10.2 Å². The lowest BCUT2D eigenvalue weighted by Gasteiger charge is -2.34. The first-order valence-electron chi connectivity index (χ1n) is 9.35. The SMILES string of the molecule is COc1ccc(CCNC(=O)Nc2ccc(N3CCN(C)CC3)cc2)cc1. The molecule has 0 saturated carbocycles. The molecule has 3 rings (SSSR count). The highest BCUT2D eigenvalue weighted by molar-refractivity contribution is 5.89. The molecule has 1 fully saturated rings. The Hall–Kier alpha value is -2.73. The summed E-state index contributed by atoms with van der Waals surface area (Å²) in [4.78, 5) is 16.8. The molecular weight excluding hydrogens is 340 g/mol. The molecule has 6 nitrogen and oxygen atoms in total. The molecule has 2 aromatic rings. The van der Waals surface area contributed by atoms with Gasteiger partial charge in [0.25, 0.3) is 0 Å². The third-order valence-corrected chi connectivity index (χ3v) is 4.85. The summed E-state index contributed by atoms with van der Waals surface area (Å²) in [5, 5.41) is 5.78. The molecular formula is C21H28N4O2. The number of carbonyl (C=O) groups is 1. The number of amides is 2. The van der Waals surface area contributed by atoms with Crippen LogP contribution in [0.2, 0.25) is 0 Å². The maximum Gasteiger partial charge on any atom is 0.319 e. The van der Waals surface area contributed by atoms with E-state index < -0.39 is 0 Å². The number of nitrogens with one attached hydrogen (secondary N) is 2. The second-order valence-electron chi connectivity index (χ2n) is 6.82. The number of rotatable bonds is 6. The number of piperazine rings is 1. The fraction of sp³-hybridized carbons (Fsp3) is 0.381. The molecule has 1 aliphatic heterocycles. The smallest absolute Gasteiger partial charge is 0.319 e. The van der Waals surface area contributed by atoms with E-state index in [0.29, 0.717) is 6.54 Å². The maximum atomic E-state index is 12.1. The molecule has 0 spiro atoms. The molecule has 2 aromatic carbocycles. The Morgan fingerprint density at radius 2 is 1.67 bits per heavy atom. The summed E-state index contributed by atoms with van der Waals surface area (Å²) < 4.78 is 5.15. The van der Waals surface area contributed by atoms with Crippen molar-refractivity contribution in [3.05, 3.63) is 54.1 Å². The number of nitrogens with zero attached hydrogens (tertiary/aromatic N) is 2. The van der Waals surface area contributed by atoms with Crippen LogP contribution in [0.3, 0.4) is 0 Å². The monoisotopic (exact) mass is 368 g/mol. The maximum absolute atomic E-state index is 12.1. The van der Waals surface area contributed by atoms with Gasteiger partial charge in [-0.2, -0.15) is 0 Å². The van der Waals surface area contributed by atoms with Crippen LogP contribution in [0, 0.1) is 0 Å². The molecule has 2 N–H and O–H groups in total. The largest absolute Gasteiger partial charge is 0.497 e. The van der Waals surface area contributed by atoms with Gasteiger partial charge in [-0.1, -0.05) is 12.1 Å². The molecule has 0 radical (unpaired) electrons. The first kappa shape index (κ1) is 19.0. The van der Waals surface area contributed by atoms with E-state index in [1.165, 1.54) is 5.69 Å². The predicted molar refractivity (Wildman–Crippen MR) is 110 cm³/mol. The number of hydrogen-bond donors (Lipinski definition) is 2. The van der Waals surface area contributed by atoms with Crippen LogP contribution >= 0.6 is 0 Å². The van der Waals surface area contributed by atoms with Gasteiger partial charge in [-0.3, -0.25) is 0 Å². The van der Waals surface area contributed by atoms with Crippen molar-refractivity contribution in [1.29, 1.82) is 0 Å². The Balaban J connectivity index is 1.42. The van der Waals surface area contributed by atoms with Gasteiger partial charge < -0.3 is 25.2 Å². The Morgan fingerprint density at radius 1 is 1.00 bits per heavy atom. The molecule has 144 valence electrons. The standard InChI is InChI=1S/C21H28N4O2/c1-24-13-15-25(16-14-24)19-7-5-18(6-8-19)23-21(26)22-12-11-17-3-9-20(27-2)10-4-17/h3-10H,11-16H2,1-2H3,(H2,22,23,26). The van der Waals surface area contributed by atoms with Crippen LogP contribution in [-0.4, -0.2) is 57.8 Å². The van der Waals surface area contributed by atoms with Crippen molar-refractivity contribution >= 4 is 17.4 Å². The normalized spacial score (nSPS) is 14.7. The van der Waals surface area contributed by atoms with Crippen molar-refractivity contribution in [3.63, 3.8) is 0 Å². The van der Waals surface area contributed by atoms with Crippen LogP contribution in [0.4, 0.5) is 16.2 Å². The third-order valence-electron chi connectivity index (χ3n) is 4.85.